The molecule has 2 aliphatic rings. The molecule has 4 heteroatoms. The number of hydrogen-bond acceptors (Lipinski definition) is 3. The summed E-state index contributed by atoms with van der Waals surface area (Å²) in [6, 6.07) is 8.17. The van der Waals surface area contributed by atoms with Gasteiger partial charge >= 0.3 is 0 Å². The van der Waals surface area contributed by atoms with Crippen molar-refractivity contribution in [2.24, 2.45) is 5.92 Å². The quantitative estimate of drug-likeness (QED) is 0.864. The minimum absolute atomic E-state index is 0.0146. The van der Waals surface area contributed by atoms with Crippen LogP contribution in [0.4, 0.5) is 5.69 Å². The molecule has 108 valence electrons. The molecule has 1 aliphatic carbocycles. The number of ether oxygens (including phenoxy) is 1. The predicted octanol–water partition coefficient (Wildman–Crippen LogP) is 2.09. The number of nitrogens with one attached hydrogen (secondary N) is 2. The van der Waals surface area contributed by atoms with Crippen LogP contribution in [-0.2, 0) is 9.53 Å². The molecule has 20 heavy (non-hydrogen) atoms. The fourth-order valence-corrected chi connectivity index (χ4v) is 2.85. The van der Waals surface area contributed by atoms with Gasteiger partial charge in [-0.15, -0.1) is 0 Å². The Labute approximate surface area is 119 Å². The number of carbonyl (C=O) groups is 1. The highest BCUT2D eigenvalue weighted by Gasteiger charge is 2.40. The molecule has 0 aromatic heterocycles. The van der Waals surface area contributed by atoms with Crippen LogP contribution in [0.2, 0.25) is 0 Å². The van der Waals surface area contributed by atoms with E-state index >= 15 is 0 Å². The molecule has 1 saturated carbocycles. The summed E-state index contributed by atoms with van der Waals surface area (Å²) in [5, 5.41) is 6.31. The Morgan fingerprint density at radius 1 is 1.30 bits per heavy atom. The van der Waals surface area contributed by atoms with Crippen LogP contribution < -0.4 is 10.6 Å². The van der Waals surface area contributed by atoms with Crippen LogP contribution >= 0.6 is 0 Å². The van der Waals surface area contributed by atoms with Gasteiger partial charge in [0.25, 0.3) is 0 Å². The van der Waals surface area contributed by atoms with Gasteiger partial charge in [-0.2, -0.15) is 0 Å². The van der Waals surface area contributed by atoms with Crippen molar-refractivity contribution in [1.29, 1.82) is 0 Å². The summed E-state index contributed by atoms with van der Waals surface area (Å²) in [5.74, 6) is 0.732. The fourth-order valence-electron chi connectivity index (χ4n) is 2.85. The van der Waals surface area contributed by atoms with Gasteiger partial charge in [-0.25, -0.2) is 0 Å². The molecule has 2 unspecified atom stereocenters. The Balaban J connectivity index is 1.48. The molecule has 1 heterocycles. The molecule has 0 bridgehead atoms. The smallest absolute Gasteiger partial charge is 0.238 e. The zero-order valence-corrected chi connectivity index (χ0v) is 11.9. The Hall–Kier alpha value is -1.39. The molecule has 2 atom stereocenters. The van der Waals surface area contributed by atoms with Gasteiger partial charge in [0.15, 0.2) is 0 Å². The molecule has 0 spiro atoms. The summed E-state index contributed by atoms with van der Waals surface area (Å²) in [5.41, 5.74) is 1.97. The van der Waals surface area contributed by atoms with Gasteiger partial charge in [-0.05, 0) is 43.7 Å². The Morgan fingerprint density at radius 3 is 2.85 bits per heavy atom. The number of aryl methyl sites for hydroxylation is 1. The van der Waals surface area contributed by atoms with E-state index in [1.165, 1.54) is 12.8 Å². The number of anilines is 1. The number of benzene rings is 1. The van der Waals surface area contributed by atoms with Crippen LogP contribution in [0.1, 0.15) is 24.8 Å². The summed E-state index contributed by atoms with van der Waals surface area (Å²) in [6.07, 6.45) is 3.89. The summed E-state index contributed by atoms with van der Waals surface area (Å²) >= 11 is 0. The van der Waals surface area contributed by atoms with Crippen LogP contribution in [0.15, 0.2) is 24.3 Å². The first-order chi connectivity index (χ1) is 9.74. The molecule has 4 nitrogen and oxygen atoms in total. The number of carbonyl (C=O) groups excluding carboxylic acids is 1. The molecule has 1 aromatic rings. The Kier molecular flexibility index (Phi) is 4.03. The van der Waals surface area contributed by atoms with E-state index in [2.05, 4.69) is 10.6 Å². The Bertz CT molecular complexity index is 485. The molecule has 3 rings (SSSR count). The van der Waals surface area contributed by atoms with Crippen molar-refractivity contribution in [1.82, 2.24) is 5.32 Å². The first-order valence-electron chi connectivity index (χ1n) is 7.44. The van der Waals surface area contributed by atoms with Gasteiger partial charge in [0.05, 0.1) is 12.6 Å². The van der Waals surface area contributed by atoms with E-state index in [-0.39, 0.29) is 5.91 Å². The third-order valence-electron chi connectivity index (χ3n) is 4.17. The molecule has 0 radical (unpaired) electrons. The number of amides is 1. The van der Waals surface area contributed by atoms with Crippen molar-refractivity contribution in [3.05, 3.63) is 29.8 Å². The number of para-hydroxylation sites is 1. The first-order valence-corrected chi connectivity index (χ1v) is 7.44. The molecule has 2 fully saturated rings. The minimum atomic E-state index is 0.0146. The van der Waals surface area contributed by atoms with E-state index in [1.807, 2.05) is 31.2 Å². The highest BCUT2D eigenvalue weighted by molar-refractivity contribution is 5.92. The van der Waals surface area contributed by atoms with Crippen molar-refractivity contribution < 1.29 is 9.53 Å². The van der Waals surface area contributed by atoms with E-state index in [9.17, 15) is 4.79 Å². The average Bonchev–Trinajstić information content (AvgIpc) is 3.18. The van der Waals surface area contributed by atoms with Crippen molar-refractivity contribution in [3.63, 3.8) is 0 Å². The van der Waals surface area contributed by atoms with Crippen LogP contribution in [-0.4, -0.2) is 31.2 Å². The van der Waals surface area contributed by atoms with E-state index < -0.39 is 0 Å². The van der Waals surface area contributed by atoms with E-state index in [0.29, 0.717) is 18.7 Å². The van der Waals surface area contributed by atoms with Gasteiger partial charge in [-0.1, -0.05) is 18.2 Å². The topological polar surface area (TPSA) is 50.4 Å². The number of hydrogen-bond donors (Lipinski definition) is 2. The molecular formula is C16H22N2O2. The molecule has 1 saturated heterocycles. The van der Waals surface area contributed by atoms with Gasteiger partial charge in [0.2, 0.25) is 5.91 Å². The van der Waals surface area contributed by atoms with Crippen molar-refractivity contribution in [3.8, 4) is 0 Å². The lowest BCUT2D eigenvalue weighted by atomic mass is 10.1. The maximum absolute atomic E-state index is 12.0. The minimum Gasteiger partial charge on any atom is -0.376 e. The fraction of sp³-hybridized carbons (Fsp3) is 0.562. The van der Waals surface area contributed by atoms with Crippen LogP contribution in [0.3, 0.4) is 0 Å². The second-order valence-corrected chi connectivity index (χ2v) is 5.81. The maximum Gasteiger partial charge on any atom is 0.238 e. The van der Waals surface area contributed by atoms with Crippen LogP contribution in [0.5, 0.6) is 0 Å². The lowest BCUT2D eigenvalue weighted by Gasteiger charge is -2.19. The highest BCUT2D eigenvalue weighted by Crippen LogP contribution is 2.38. The monoisotopic (exact) mass is 274 g/mol. The second-order valence-electron chi connectivity index (χ2n) is 5.81. The van der Waals surface area contributed by atoms with E-state index in [4.69, 9.17) is 4.74 Å². The molecule has 2 N–H and O–H groups in total. The lowest BCUT2D eigenvalue weighted by molar-refractivity contribution is -0.115. The van der Waals surface area contributed by atoms with E-state index in [0.717, 1.165) is 30.2 Å². The summed E-state index contributed by atoms with van der Waals surface area (Å²) in [7, 11) is 0. The van der Waals surface area contributed by atoms with Crippen LogP contribution in [0, 0.1) is 12.8 Å². The maximum atomic E-state index is 12.0. The zero-order valence-electron chi connectivity index (χ0n) is 11.9. The lowest BCUT2D eigenvalue weighted by Crippen LogP contribution is -2.41. The largest absolute Gasteiger partial charge is 0.376 e. The normalized spacial score (nSPS) is 25.6. The molecular weight excluding hydrogens is 252 g/mol. The van der Waals surface area contributed by atoms with Crippen LogP contribution in [0.25, 0.3) is 0 Å². The van der Waals surface area contributed by atoms with Crippen molar-refractivity contribution in [2.75, 3.05) is 18.5 Å². The number of rotatable bonds is 5. The highest BCUT2D eigenvalue weighted by atomic mass is 16.5. The SMILES string of the molecule is Cc1ccccc1NC(=O)CNC1CCOC1C1CC1. The standard InChI is InChI=1S/C16H22N2O2/c1-11-4-2-3-5-13(11)18-15(19)10-17-14-8-9-20-16(14)12-6-7-12/h2-5,12,14,16-17H,6-10H2,1H3,(H,18,19). The van der Waals surface area contributed by atoms with Gasteiger partial charge in [0, 0.05) is 18.3 Å². The Morgan fingerprint density at radius 2 is 2.10 bits per heavy atom. The molecule has 1 aromatic carbocycles. The molecule has 1 amide bonds. The van der Waals surface area contributed by atoms with Crippen molar-refractivity contribution >= 4 is 11.6 Å². The zero-order chi connectivity index (χ0) is 13.9. The predicted molar refractivity (Wildman–Crippen MR) is 78.7 cm³/mol. The van der Waals surface area contributed by atoms with Gasteiger partial charge in [-0.3, -0.25) is 4.79 Å². The van der Waals surface area contributed by atoms with Gasteiger partial charge in [0.1, 0.15) is 0 Å². The summed E-state index contributed by atoms with van der Waals surface area (Å²) in [4.78, 5) is 12.0. The third-order valence-corrected chi connectivity index (χ3v) is 4.17. The third kappa shape index (κ3) is 3.19. The molecule has 1 aliphatic heterocycles. The summed E-state index contributed by atoms with van der Waals surface area (Å²) < 4.78 is 5.76. The first kappa shape index (κ1) is 13.6. The summed E-state index contributed by atoms with van der Waals surface area (Å²) in [6.45, 7) is 3.17. The van der Waals surface area contributed by atoms with Crippen molar-refractivity contribution in [2.45, 2.75) is 38.3 Å². The van der Waals surface area contributed by atoms with Gasteiger partial charge < -0.3 is 15.4 Å². The van der Waals surface area contributed by atoms with E-state index in [1.54, 1.807) is 0 Å². The second kappa shape index (κ2) is 5.94. The average molecular weight is 274 g/mol.